The van der Waals surface area contributed by atoms with Crippen molar-refractivity contribution in [3.63, 3.8) is 0 Å². The average molecular weight is 339 g/mol. The van der Waals surface area contributed by atoms with Gasteiger partial charge in [-0.1, -0.05) is 0 Å². The summed E-state index contributed by atoms with van der Waals surface area (Å²) >= 11 is 0. The summed E-state index contributed by atoms with van der Waals surface area (Å²) in [7, 11) is -1.87. The molecule has 8 heteroatoms. The summed E-state index contributed by atoms with van der Waals surface area (Å²) < 4.78 is 24.1. The number of hydrogen-bond acceptors (Lipinski definition) is 4. The van der Waals surface area contributed by atoms with Crippen molar-refractivity contribution in [2.24, 2.45) is 11.7 Å². The molecule has 2 N–H and O–H groups in total. The Morgan fingerprint density at radius 1 is 1.17 bits per heavy atom. The van der Waals surface area contributed by atoms with Gasteiger partial charge in [-0.25, -0.2) is 8.42 Å². The van der Waals surface area contributed by atoms with Crippen molar-refractivity contribution < 1.29 is 18.0 Å². The highest BCUT2D eigenvalue weighted by molar-refractivity contribution is 7.92. The predicted octanol–water partition coefficient (Wildman–Crippen LogP) is 0.420. The molecular weight excluding hydrogens is 318 g/mol. The number of sulfonamides is 1. The van der Waals surface area contributed by atoms with Gasteiger partial charge in [-0.05, 0) is 37.1 Å². The molecular formula is C15H21N3O4S. The predicted molar refractivity (Wildman–Crippen MR) is 87.5 cm³/mol. The van der Waals surface area contributed by atoms with Crippen LogP contribution in [0.4, 0.5) is 5.69 Å². The normalized spacial score (nSPS) is 16.2. The van der Waals surface area contributed by atoms with Gasteiger partial charge in [-0.15, -0.1) is 0 Å². The third-order valence-electron chi connectivity index (χ3n) is 4.16. The molecule has 1 aliphatic rings. The molecule has 7 nitrogen and oxygen atoms in total. The summed E-state index contributed by atoms with van der Waals surface area (Å²) in [6, 6.07) is 6.42. The molecule has 0 aromatic heterocycles. The number of anilines is 1. The van der Waals surface area contributed by atoms with Gasteiger partial charge in [0, 0.05) is 31.6 Å². The van der Waals surface area contributed by atoms with Gasteiger partial charge < -0.3 is 10.6 Å². The molecule has 0 aliphatic carbocycles. The highest BCUT2D eigenvalue weighted by Gasteiger charge is 2.26. The van der Waals surface area contributed by atoms with Crippen LogP contribution in [-0.4, -0.2) is 51.5 Å². The molecule has 1 aromatic rings. The van der Waals surface area contributed by atoms with Gasteiger partial charge in [-0.3, -0.25) is 13.9 Å². The van der Waals surface area contributed by atoms with E-state index in [0.29, 0.717) is 37.2 Å². The van der Waals surface area contributed by atoms with Crippen molar-refractivity contribution in [2.75, 3.05) is 30.7 Å². The number of carbonyl (C=O) groups excluding carboxylic acids is 2. The lowest BCUT2D eigenvalue weighted by Crippen LogP contribution is -2.41. The number of hydrogen-bond donors (Lipinski definition) is 1. The summed E-state index contributed by atoms with van der Waals surface area (Å²) in [5.41, 5.74) is 6.27. The minimum Gasteiger partial charge on any atom is -0.369 e. The fourth-order valence-corrected chi connectivity index (χ4v) is 3.06. The van der Waals surface area contributed by atoms with Crippen LogP contribution in [-0.2, 0) is 14.8 Å². The summed E-state index contributed by atoms with van der Waals surface area (Å²) in [5, 5.41) is 0. The quantitative estimate of drug-likeness (QED) is 0.859. The average Bonchev–Trinajstić information content (AvgIpc) is 2.53. The van der Waals surface area contributed by atoms with E-state index in [4.69, 9.17) is 5.73 Å². The Kier molecular flexibility index (Phi) is 4.93. The zero-order valence-electron chi connectivity index (χ0n) is 13.2. The lowest BCUT2D eigenvalue weighted by Gasteiger charge is -2.30. The zero-order chi connectivity index (χ0) is 17.2. The monoisotopic (exact) mass is 339 g/mol. The fraction of sp³-hybridized carbons (Fsp3) is 0.467. The van der Waals surface area contributed by atoms with Crippen LogP contribution in [0.5, 0.6) is 0 Å². The first kappa shape index (κ1) is 17.3. The summed E-state index contributed by atoms with van der Waals surface area (Å²) in [4.78, 5) is 25.3. The topological polar surface area (TPSA) is 101 Å². The summed E-state index contributed by atoms with van der Waals surface area (Å²) in [6.07, 6.45) is 2.28. The molecule has 23 heavy (non-hydrogen) atoms. The molecule has 1 aromatic carbocycles. The zero-order valence-corrected chi connectivity index (χ0v) is 14.0. The van der Waals surface area contributed by atoms with Crippen molar-refractivity contribution in [1.82, 2.24) is 4.90 Å². The Labute approximate surface area is 136 Å². The molecule has 0 bridgehead atoms. The number of amides is 2. The molecule has 2 rings (SSSR count). The first-order chi connectivity index (χ1) is 10.7. The van der Waals surface area contributed by atoms with Crippen molar-refractivity contribution in [1.29, 1.82) is 0 Å². The SMILES string of the molecule is CN(c1ccc(C(=O)N2CCC(C(N)=O)CC2)cc1)S(C)(=O)=O. The van der Waals surface area contributed by atoms with Crippen molar-refractivity contribution in [2.45, 2.75) is 12.8 Å². The first-order valence-electron chi connectivity index (χ1n) is 7.32. The van der Waals surface area contributed by atoms with E-state index in [-0.39, 0.29) is 17.7 Å². The molecule has 126 valence electrons. The van der Waals surface area contributed by atoms with Crippen LogP contribution in [0.25, 0.3) is 0 Å². The fourth-order valence-electron chi connectivity index (χ4n) is 2.56. The third kappa shape index (κ3) is 4.01. The van der Waals surface area contributed by atoms with E-state index in [0.717, 1.165) is 10.6 Å². The lowest BCUT2D eigenvalue weighted by molar-refractivity contribution is -0.123. The number of carbonyl (C=O) groups is 2. The van der Waals surface area contributed by atoms with E-state index in [2.05, 4.69) is 0 Å². The van der Waals surface area contributed by atoms with Crippen LogP contribution in [0.15, 0.2) is 24.3 Å². The summed E-state index contributed by atoms with van der Waals surface area (Å²) in [5.74, 6) is -0.600. The minimum atomic E-state index is -3.33. The van der Waals surface area contributed by atoms with E-state index in [1.165, 1.54) is 7.05 Å². The van der Waals surface area contributed by atoms with E-state index in [1.807, 2.05) is 0 Å². The number of benzene rings is 1. The van der Waals surface area contributed by atoms with E-state index >= 15 is 0 Å². The van der Waals surface area contributed by atoms with Crippen LogP contribution >= 0.6 is 0 Å². The Morgan fingerprint density at radius 2 is 1.70 bits per heavy atom. The van der Waals surface area contributed by atoms with Crippen molar-refractivity contribution in [3.05, 3.63) is 29.8 Å². The second-order valence-corrected chi connectivity index (χ2v) is 7.76. The highest BCUT2D eigenvalue weighted by Crippen LogP contribution is 2.21. The van der Waals surface area contributed by atoms with Gasteiger partial charge in [0.05, 0.1) is 11.9 Å². The lowest BCUT2D eigenvalue weighted by atomic mass is 9.96. The Hall–Kier alpha value is -2.09. The smallest absolute Gasteiger partial charge is 0.253 e. The molecule has 0 radical (unpaired) electrons. The molecule has 1 fully saturated rings. The van der Waals surface area contributed by atoms with Gasteiger partial charge in [0.25, 0.3) is 5.91 Å². The summed E-state index contributed by atoms with van der Waals surface area (Å²) in [6.45, 7) is 0.995. The maximum Gasteiger partial charge on any atom is 0.253 e. The van der Waals surface area contributed by atoms with Gasteiger partial charge in [0.2, 0.25) is 15.9 Å². The van der Waals surface area contributed by atoms with E-state index in [1.54, 1.807) is 29.2 Å². The van der Waals surface area contributed by atoms with Gasteiger partial charge in [0.1, 0.15) is 0 Å². The van der Waals surface area contributed by atoms with E-state index in [9.17, 15) is 18.0 Å². The standard InChI is InChI=1S/C15H21N3O4S/c1-17(23(2,21)22)13-5-3-12(4-6-13)15(20)18-9-7-11(8-10-18)14(16)19/h3-6,11H,7-10H2,1-2H3,(H2,16,19). The number of rotatable bonds is 4. The van der Waals surface area contributed by atoms with Gasteiger partial charge >= 0.3 is 0 Å². The maximum atomic E-state index is 12.4. The first-order valence-corrected chi connectivity index (χ1v) is 9.17. The molecule has 0 atom stereocenters. The van der Waals surface area contributed by atoms with E-state index < -0.39 is 10.0 Å². The largest absolute Gasteiger partial charge is 0.369 e. The number of likely N-dealkylation sites (tertiary alicyclic amines) is 1. The van der Waals surface area contributed by atoms with Crippen LogP contribution in [0.2, 0.25) is 0 Å². The maximum absolute atomic E-state index is 12.4. The molecule has 0 spiro atoms. The van der Waals surface area contributed by atoms with Crippen LogP contribution in [0.3, 0.4) is 0 Å². The van der Waals surface area contributed by atoms with Crippen LogP contribution < -0.4 is 10.0 Å². The second-order valence-electron chi connectivity index (χ2n) is 5.75. The third-order valence-corrected chi connectivity index (χ3v) is 5.37. The Balaban J connectivity index is 2.05. The van der Waals surface area contributed by atoms with Crippen molar-refractivity contribution in [3.8, 4) is 0 Å². The molecule has 1 heterocycles. The van der Waals surface area contributed by atoms with Crippen LogP contribution in [0.1, 0.15) is 23.2 Å². The number of nitrogens with zero attached hydrogens (tertiary/aromatic N) is 2. The van der Waals surface area contributed by atoms with Gasteiger partial charge in [-0.2, -0.15) is 0 Å². The van der Waals surface area contributed by atoms with Gasteiger partial charge in [0.15, 0.2) is 0 Å². The molecule has 0 unspecified atom stereocenters. The Bertz CT molecular complexity index is 692. The molecule has 2 amide bonds. The Morgan fingerprint density at radius 3 is 2.13 bits per heavy atom. The van der Waals surface area contributed by atoms with Crippen LogP contribution in [0, 0.1) is 5.92 Å². The van der Waals surface area contributed by atoms with Crippen molar-refractivity contribution >= 4 is 27.5 Å². The minimum absolute atomic E-state index is 0.124. The molecule has 1 saturated heterocycles. The number of primary amides is 1. The highest BCUT2D eigenvalue weighted by atomic mass is 32.2. The molecule has 1 aliphatic heterocycles. The number of nitrogens with two attached hydrogens (primary N) is 1. The number of piperidine rings is 1. The molecule has 0 saturated carbocycles. The second kappa shape index (κ2) is 6.57.